The molecule has 0 unspecified atom stereocenters. The Bertz CT molecular complexity index is 1170. The van der Waals surface area contributed by atoms with Gasteiger partial charge in [-0.15, -0.1) is 0 Å². The van der Waals surface area contributed by atoms with E-state index in [9.17, 15) is 9.18 Å². The number of benzene rings is 1. The molecular weight excluding hydrogens is 493 g/mol. The lowest BCUT2D eigenvalue weighted by Crippen LogP contribution is -2.64. The molecule has 5 rings (SSSR count). The van der Waals surface area contributed by atoms with E-state index in [0.29, 0.717) is 25.6 Å². The monoisotopic (exact) mass is 537 g/mol. The molecule has 1 N–H and O–H groups in total. The predicted molar refractivity (Wildman–Crippen MR) is 153 cm³/mol. The maximum atomic E-state index is 14.0. The van der Waals surface area contributed by atoms with E-state index in [1.54, 1.807) is 12.1 Å². The van der Waals surface area contributed by atoms with Crippen molar-refractivity contribution in [3.05, 3.63) is 59.2 Å². The van der Waals surface area contributed by atoms with E-state index in [-0.39, 0.29) is 28.7 Å². The Morgan fingerprint density at radius 1 is 1.21 bits per heavy atom. The van der Waals surface area contributed by atoms with Gasteiger partial charge >= 0.3 is 0 Å². The number of nitrogens with one attached hydrogen (secondary N) is 1. The van der Waals surface area contributed by atoms with Crippen molar-refractivity contribution in [2.45, 2.75) is 70.5 Å². The Morgan fingerprint density at radius 3 is 2.72 bits per heavy atom. The number of rotatable bonds is 7. The van der Waals surface area contributed by atoms with Crippen LogP contribution in [0.4, 0.5) is 10.1 Å². The van der Waals surface area contributed by atoms with Gasteiger partial charge in [-0.2, -0.15) is 0 Å². The van der Waals surface area contributed by atoms with Crippen LogP contribution in [-0.2, 0) is 21.4 Å². The lowest BCUT2D eigenvalue weighted by molar-refractivity contribution is -0.121. The number of anilines is 1. The Balaban J connectivity index is 1.33. The summed E-state index contributed by atoms with van der Waals surface area (Å²) in [5.41, 5.74) is 3.74. The first-order valence-corrected chi connectivity index (χ1v) is 14.4. The van der Waals surface area contributed by atoms with Crippen molar-refractivity contribution in [3.63, 3.8) is 0 Å². The molecule has 1 aromatic carbocycles. The van der Waals surface area contributed by atoms with Crippen molar-refractivity contribution in [2.24, 2.45) is 0 Å². The fourth-order valence-electron chi connectivity index (χ4n) is 6.32. The molecule has 7 nitrogen and oxygen atoms in total. The molecule has 0 bridgehead atoms. The first kappa shape index (κ1) is 28.1. The molecule has 1 amide bonds. The van der Waals surface area contributed by atoms with E-state index in [4.69, 9.17) is 9.72 Å². The summed E-state index contributed by atoms with van der Waals surface area (Å²) < 4.78 is 19.2. The van der Waals surface area contributed by atoms with E-state index in [1.165, 1.54) is 12.1 Å². The van der Waals surface area contributed by atoms with Gasteiger partial charge in [-0.1, -0.05) is 32.9 Å². The third-order valence-corrected chi connectivity index (χ3v) is 8.97. The van der Waals surface area contributed by atoms with Crippen LogP contribution in [0.5, 0.6) is 0 Å². The molecule has 1 aromatic heterocycles. The molecule has 8 heteroatoms. The standard InChI is InChI=1S/C31H44FN5O2/c1-6-31(5)21-39-12-11-36(31)18-26-16-33-22(2)17-35(26)19-28(38)37-20-30(3,4)29-27(37)14-24(15-34-29)13-23-7-9-25(32)10-8-23/h7-10,14-15,22,26,33H,6,11-13,16-21H2,1-5H3/t22-,26-,31+/m1/s1. The lowest BCUT2D eigenvalue weighted by Gasteiger charge is -2.48. The van der Waals surface area contributed by atoms with Crippen LogP contribution in [0, 0.1) is 5.82 Å². The zero-order chi connectivity index (χ0) is 27.8. The first-order chi connectivity index (χ1) is 18.6. The smallest absolute Gasteiger partial charge is 0.241 e. The number of amides is 1. The minimum Gasteiger partial charge on any atom is -0.378 e. The average molecular weight is 538 g/mol. The number of hydrogen-bond donors (Lipinski definition) is 1. The molecule has 2 saturated heterocycles. The number of ether oxygens (including phenoxy) is 1. The first-order valence-electron chi connectivity index (χ1n) is 14.4. The van der Waals surface area contributed by atoms with Gasteiger partial charge in [-0.25, -0.2) is 4.39 Å². The molecule has 39 heavy (non-hydrogen) atoms. The number of morpholine rings is 1. The summed E-state index contributed by atoms with van der Waals surface area (Å²) in [5, 5.41) is 3.64. The van der Waals surface area contributed by atoms with Crippen LogP contribution >= 0.6 is 0 Å². The molecule has 0 aliphatic carbocycles. The fraction of sp³-hybridized carbons (Fsp3) is 0.613. The molecule has 0 radical (unpaired) electrons. The van der Waals surface area contributed by atoms with Gasteiger partial charge in [0.2, 0.25) is 5.91 Å². The molecule has 0 spiro atoms. The number of carbonyl (C=O) groups excluding carboxylic acids is 1. The second-order valence-corrected chi connectivity index (χ2v) is 12.6. The van der Waals surface area contributed by atoms with Gasteiger partial charge in [-0.05, 0) is 56.0 Å². The van der Waals surface area contributed by atoms with Crippen LogP contribution < -0.4 is 10.2 Å². The number of carbonyl (C=O) groups is 1. The van der Waals surface area contributed by atoms with E-state index >= 15 is 0 Å². The van der Waals surface area contributed by atoms with Crippen LogP contribution in [0.1, 0.15) is 57.9 Å². The van der Waals surface area contributed by atoms with Crippen molar-refractivity contribution in [3.8, 4) is 0 Å². The molecular formula is C31H44FN5O2. The number of hydrogen-bond acceptors (Lipinski definition) is 6. The summed E-state index contributed by atoms with van der Waals surface area (Å²) in [6.07, 6.45) is 3.59. The van der Waals surface area contributed by atoms with Gasteiger partial charge in [0.1, 0.15) is 5.82 Å². The third kappa shape index (κ3) is 6.04. The van der Waals surface area contributed by atoms with Crippen molar-refractivity contribution in [1.82, 2.24) is 20.1 Å². The van der Waals surface area contributed by atoms with Crippen LogP contribution in [0.3, 0.4) is 0 Å². The summed E-state index contributed by atoms with van der Waals surface area (Å²) in [6, 6.07) is 9.28. The molecule has 2 aromatic rings. The lowest BCUT2D eigenvalue weighted by atomic mass is 9.91. The molecule has 212 valence electrons. The zero-order valence-corrected chi connectivity index (χ0v) is 24.2. The van der Waals surface area contributed by atoms with Gasteiger partial charge in [0, 0.05) is 62.0 Å². The van der Waals surface area contributed by atoms with Gasteiger partial charge in [0.05, 0.1) is 31.1 Å². The number of halogens is 1. The van der Waals surface area contributed by atoms with Crippen molar-refractivity contribution >= 4 is 11.6 Å². The molecule has 3 aliphatic heterocycles. The largest absolute Gasteiger partial charge is 0.378 e. The SMILES string of the molecule is CC[C@@]1(C)COCCN1C[C@H]1CN[C@H](C)CN1CC(=O)N1CC(C)(C)c2ncc(Cc3ccc(F)cc3)cc21. The Hall–Kier alpha value is -2.39. The molecule has 4 heterocycles. The van der Waals surface area contributed by atoms with Gasteiger partial charge < -0.3 is 15.0 Å². The summed E-state index contributed by atoms with van der Waals surface area (Å²) >= 11 is 0. The highest BCUT2D eigenvalue weighted by atomic mass is 19.1. The maximum absolute atomic E-state index is 14.0. The number of pyridine rings is 1. The van der Waals surface area contributed by atoms with E-state index < -0.39 is 0 Å². The van der Waals surface area contributed by atoms with Gasteiger partial charge in [0.25, 0.3) is 0 Å². The minimum atomic E-state index is -0.238. The Kier molecular flexibility index (Phi) is 8.11. The summed E-state index contributed by atoms with van der Waals surface area (Å²) in [5.74, 6) is -0.111. The maximum Gasteiger partial charge on any atom is 0.241 e. The fourth-order valence-corrected chi connectivity index (χ4v) is 6.32. The second kappa shape index (κ2) is 11.2. The summed E-state index contributed by atoms with van der Waals surface area (Å²) in [7, 11) is 0. The highest BCUT2D eigenvalue weighted by Gasteiger charge is 2.42. The molecule has 3 atom stereocenters. The Morgan fingerprint density at radius 2 is 1.97 bits per heavy atom. The van der Waals surface area contributed by atoms with Crippen molar-refractivity contribution < 1.29 is 13.9 Å². The predicted octanol–water partition coefficient (Wildman–Crippen LogP) is 3.60. The van der Waals surface area contributed by atoms with Crippen LogP contribution in [0.15, 0.2) is 36.5 Å². The number of fused-ring (bicyclic) bond motifs is 1. The van der Waals surface area contributed by atoms with E-state index in [2.05, 4.69) is 55.8 Å². The minimum absolute atomic E-state index is 0.0293. The molecule has 2 fully saturated rings. The second-order valence-electron chi connectivity index (χ2n) is 12.6. The summed E-state index contributed by atoms with van der Waals surface area (Å²) in [6.45, 7) is 17.1. The molecule has 3 aliphatic rings. The summed E-state index contributed by atoms with van der Waals surface area (Å²) in [4.78, 5) is 25.7. The number of piperazine rings is 1. The van der Waals surface area contributed by atoms with Crippen molar-refractivity contribution in [1.29, 1.82) is 0 Å². The zero-order valence-electron chi connectivity index (χ0n) is 24.2. The van der Waals surface area contributed by atoms with Crippen LogP contribution in [0.25, 0.3) is 0 Å². The van der Waals surface area contributed by atoms with Crippen molar-refractivity contribution in [2.75, 3.05) is 57.4 Å². The third-order valence-electron chi connectivity index (χ3n) is 8.97. The quantitative estimate of drug-likeness (QED) is 0.583. The number of nitrogens with zero attached hydrogens (tertiary/aromatic N) is 4. The van der Waals surface area contributed by atoms with Gasteiger partial charge in [-0.3, -0.25) is 19.6 Å². The van der Waals surface area contributed by atoms with E-state index in [1.807, 2.05) is 11.1 Å². The number of aromatic nitrogens is 1. The van der Waals surface area contributed by atoms with Crippen LogP contribution in [-0.4, -0.2) is 90.8 Å². The van der Waals surface area contributed by atoms with E-state index in [0.717, 1.165) is 68.3 Å². The normalized spacial score (nSPS) is 27.5. The average Bonchev–Trinajstić information content (AvgIpc) is 3.18. The topological polar surface area (TPSA) is 60.9 Å². The Labute approximate surface area is 232 Å². The van der Waals surface area contributed by atoms with Gasteiger partial charge in [0.15, 0.2) is 0 Å². The molecule has 0 saturated carbocycles. The van der Waals surface area contributed by atoms with Crippen LogP contribution in [0.2, 0.25) is 0 Å². The highest BCUT2D eigenvalue weighted by Crippen LogP contribution is 2.40. The highest BCUT2D eigenvalue weighted by molar-refractivity contribution is 5.97.